The number of unbranched alkanes of at least 4 members (excludes halogenated alkanes) is 5. The van der Waals surface area contributed by atoms with E-state index in [0.717, 1.165) is 57.0 Å². The van der Waals surface area contributed by atoms with Crippen LogP contribution in [0, 0.1) is 20.8 Å². The van der Waals surface area contributed by atoms with E-state index < -0.39 is 0 Å². The Kier molecular flexibility index (Phi) is 10.3. The van der Waals surface area contributed by atoms with Crippen LogP contribution in [-0.4, -0.2) is 32.3 Å². The summed E-state index contributed by atoms with van der Waals surface area (Å²) in [6.07, 6.45) is 7.95. The average molecular weight is 620 g/mol. The van der Waals surface area contributed by atoms with Crippen molar-refractivity contribution in [2.24, 2.45) is 0 Å². The highest BCUT2D eigenvalue weighted by Gasteiger charge is 2.20. The minimum atomic E-state index is -0.163. The van der Waals surface area contributed by atoms with Gasteiger partial charge >= 0.3 is 0 Å². The molecule has 2 aromatic heterocycles. The summed E-state index contributed by atoms with van der Waals surface area (Å²) in [4.78, 5) is 18.6. The van der Waals surface area contributed by atoms with Crippen molar-refractivity contribution in [3.05, 3.63) is 99.7 Å². The van der Waals surface area contributed by atoms with Gasteiger partial charge in [0.15, 0.2) is 11.5 Å². The highest BCUT2D eigenvalue weighted by Crippen LogP contribution is 2.29. The molecule has 0 aliphatic rings. The number of para-hydroxylation sites is 1. The summed E-state index contributed by atoms with van der Waals surface area (Å²) in [5, 5.41) is 11.3. The van der Waals surface area contributed by atoms with E-state index in [1.54, 1.807) is 4.63 Å². The van der Waals surface area contributed by atoms with Gasteiger partial charge in [-0.15, -0.1) is 5.10 Å². The maximum absolute atomic E-state index is 13.8. The molecule has 7 heteroatoms. The molecular formula is C39H49N5O2. The molecule has 46 heavy (non-hydrogen) atoms. The maximum atomic E-state index is 13.8. The molecule has 7 nitrogen and oxygen atoms in total. The van der Waals surface area contributed by atoms with E-state index in [4.69, 9.17) is 14.8 Å². The lowest BCUT2D eigenvalue weighted by molar-refractivity contribution is 0.102. The van der Waals surface area contributed by atoms with Crippen LogP contribution in [0.2, 0.25) is 0 Å². The van der Waals surface area contributed by atoms with Gasteiger partial charge in [-0.1, -0.05) is 95.7 Å². The Morgan fingerprint density at radius 2 is 1.65 bits per heavy atom. The number of H-pyrrole nitrogens is 1. The van der Waals surface area contributed by atoms with Crippen molar-refractivity contribution in [1.82, 2.24) is 19.8 Å². The molecule has 5 rings (SSSR count). The number of fused-ring (bicyclic) bond motifs is 1. The van der Waals surface area contributed by atoms with E-state index in [0.29, 0.717) is 24.4 Å². The van der Waals surface area contributed by atoms with Crippen LogP contribution >= 0.6 is 0 Å². The Morgan fingerprint density at radius 3 is 2.37 bits per heavy atom. The van der Waals surface area contributed by atoms with Crippen molar-refractivity contribution >= 4 is 17.2 Å². The fraction of sp³-hybridized carbons (Fsp3) is 0.410. The Hall–Kier alpha value is -4.39. The number of hydrogen-bond donors (Lipinski definition) is 2. The number of hydrogen-bond acceptors (Lipinski definition) is 4. The predicted molar refractivity (Wildman–Crippen MR) is 188 cm³/mol. The zero-order chi connectivity index (χ0) is 32.8. The monoisotopic (exact) mass is 619 g/mol. The molecule has 2 heterocycles. The number of aromatic amines is 1. The minimum Gasteiger partial charge on any atom is -0.493 e. The Bertz CT molecular complexity index is 1760. The van der Waals surface area contributed by atoms with Gasteiger partial charge in [0.05, 0.1) is 6.61 Å². The zero-order valence-corrected chi connectivity index (χ0v) is 28.6. The van der Waals surface area contributed by atoms with E-state index >= 15 is 0 Å². The standard InChI is InChI=1S/C39H49N5O2/c1-8-9-10-11-12-13-19-46-33-18-17-26(2)20-30(33)21-29-22-31(37-40-35-25-34(39(5,6)7)42-44(35)43-37)24-32(23-29)38(45)41-36-27(3)15-14-16-28(36)4/h14-18,20,22-25,42H,8-13,19,21H2,1-7H3,(H,41,45). The SMILES string of the molecule is CCCCCCCCOc1ccc(C)cc1Cc1cc(C(=O)Nc2c(C)cccc2C)cc(-c2nc3cc(C(C)(C)C)[nH]n3n2)c1. The largest absolute Gasteiger partial charge is 0.493 e. The van der Waals surface area contributed by atoms with Crippen molar-refractivity contribution in [3.63, 3.8) is 0 Å². The third kappa shape index (κ3) is 8.06. The first kappa shape index (κ1) is 33.0. The first-order chi connectivity index (χ1) is 22.0. The molecule has 0 saturated carbocycles. The molecule has 0 saturated heterocycles. The van der Waals surface area contributed by atoms with Gasteiger partial charge in [0.2, 0.25) is 0 Å². The van der Waals surface area contributed by atoms with Gasteiger partial charge < -0.3 is 10.1 Å². The van der Waals surface area contributed by atoms with E-state index in [9.17, 15) is 4.79 Å². The minimum absolute atomic E-state index is 0.0515. The summed E-state index contributed by atoms with van der Waals surface area (Å²) in [5.41, 5.74) is 9.26. The van der Waals surface area contributed by atoms with Crippen LogP contribution in [0.25, 0.3) is 17.0 Å². The van der Waals surface area contributed by atoms with Crippen LogP contribution < -0.4 is 10.1 Å². The summed E-state index contributed by atoms with van der Waals surface area (Å²) in [5.74, 6) is 1.30. The molecule has 3 aromatic carbocycles. The molecule has 0 atom stereocenters. The molecule has 2 N–H and O–H groups in total. The van der Waals surface area contributed by atoms with Crippen molar-refractivity contribution in [3.8, 4) is 17.1 Å². The Morgan fingerprint density at radius 1 is 0.913 bits per heavy atom. The van der Waals surface area contributed by atoms with Crippen LogP contribution in [-0.2, 0) is 11.8 Å². The summed E-state index contributed by atoms with van der Waals surface area (Å²) >= 11 is 0. The molecule has 242 valence electrons. The van der Waals surface area contributed by atoms with E-state index in [1.165, 1.54) is 37.7 Å². The summed E-state index contributed by atoms with van der Waals surface area (Å²) in [6, 6.07) is 20.4. The fourth-order valence-corrected chi connectivity index (χ4v) is 5.81. The van der Waals surface area contributed by atoms with Gasteiger partial charge in [-0.25, -0.2) is 4.98 Å². The van der Waals surface area contributed by atoms with E-state index in [1.807, 2.05) is 50.2 Å². The van der Waals surface area contributed by atoms with Gasteiger partial charge in [-0.2, -0.15) is 4.63 Å². The molecule has 1 amide bonds. The summed E-state index contributed by atoms with van der Waals surface area (Å²) in [6.45, 7) is 15.5. The molecule has 0 radical (unpaired) electrons. The van der Waals surface area contributed by atoms with E-state index in [2.05, 4.69) is 69.3 Å². The smallest absolute Gasteiger partial charge is 0.255 e. The number of anilines is 1. The Labute approximate surface area is 273 Å². The highest BCUT2D eigenvalue weighted by molar-refractivity contribution is 6.05. The number of carbonyl (C=O) groups excluding carboxylic acids is 1. The van der Waals surface area contributed by atoms with Crippen LogP contribution in [0.4, 0.5) is 5.69 Å². The third-order valence-electron chi connectivity index (χ3n) is 8.54. The van der Waals surface area contributed by atoms with Crippen molar-refractivity contribution in [2.45, 2.75) is 98.8 Å². The normalized spacial score (nSPS) is 11.7. The number of benzene rings is 3. The molecule has 0 fully saturated rings. The van der Waals surface area contributed by atoms with Crippen molar-refractivity contribution in [2.75, 3.05) is 11.9 Å². The highest BCUT2D eigenvalue weighted by atomic mass is 16.5. The van der Waals surface area contributed by atoms with Gasteiger partial charge in [0.1, 0.15) is 5.75 Å². The predicted octanol–water partition coefficient (Wildman–Crippen LogP) is 9.53. The van der Waals surface area contributed by atoms with Crippen molar-refractivity contribution < 1.29 is 9.53 Å². The van der Waals surface area contributed by atoms with Crippen LogP contribution in [0.15, 0.2) is 60.7 Å². The quantitative estimate of drug-likeness (QED) is 0.129. The molecule has 0 spiro atoms. The zero-order valence-electron chi connectivity index (χ0n) is 28.6. The number of aryl methyl sites for hydroxylation is 3. The number of amides is 1. The number of nitrogens with one attached hydrogen (secondary N) is 2. The second-order valence-corrected chi connectivity index (χ2v) is 13.7. The number of aromatic nitrogens is 4. The topological polar surface area (TPSA) is 84.3 Å². The van der Waals surface area contributed by atoms with Gasteiger partial charge in [0.25, 0.3) is 5.91 Å². The number of carbonyl (C=O) groups is 1. The molecule has 5 aromatic rings. The van der Waals surface area contributed by atoms with Gasteiger partial charge in [-0.3, -0.25) is 9.89 Å². The van der Waals surface area contributed by atoms with Gasteiger partial charge in [-0.05, 0) is 73.7 Å². The average Bonchev–Trinajstić information content (AvgIpc) is 3.60. The first-order valence-corrected chi connectivity index (χ1v) is 16.7. The summed E-state index contributed by atoms with van der Waals surface area (Å²) in [7, 11) is 0. The molecular weight excluding hydrogens is 570 g/mol. The lowest BCUT2D eigenvalue weighted by Gasteiger charge is -2.15. The maximum Gasteiger partial charge on any atom is 0.255 e. The second-order valence-electron chi connectivity index (χ2n) is 13.7. The van der Waals surface area contributed by atoms with Crippen LogP contribution in [0.5, 0.6) is 5.75 Å². The number of rotatable bonds is 13. The third-order valence-corrected chi connectivity index (χ3v) is 8.54. The lowest BCUT2D eigenvalue weighted by atomic mass is 9.93. The molecule has 0 aliphatic carbocycles. The van der Waals surface area contributed by atoms with E-state index in [-0.39, 0.29) is 11.3 Å². The fourth-order valence-electron chi connectivity index (χ4n) is 5.81. The summed E-state index contributed by atoms with van der Waals surface area (Å²) < 4.78 is 8.04. The van der Waals surface area contributed by atoms with Crippen LogP contribution in [0.1, 0.15) is 110 Å². The molecule has 0 bridgehead atoms. The lowest BCUT2D eigenvalue weighted by Crippen LogP contribution is -2.14. The van der Waals surface area contributed by atoms with Crippen LogP contribution in [0.3, 0.4) is 0 Å². The number of ether oxygens (including phenoxy) is 1. The first-order valence-electron chi connectivity index (χ1n) is 16.7. The number of nitrogens with zero attached hydrogens (tertiary/aromatic N) is 3. The van der Waals surface area contributed by atoms with Gasteiger partial charge in [0, 0.05) is 40.4 Å². The molecule has 0 unspecified atom stereocenters. The van der Waals surface area contributed by atoms with Crippen molar-refractivity contribution in [1.29, 1.82) is 0 Å². The second kappa shape index (κ2) is 14.4. The molecule has 0 aliphatic heterocycles. The Balaban J connectivity index is 1.46.